The van der Waals surface area contributed by atoms with Gasteiger partial charge in [0.05, 0.1) is 0 Å². The van der Waals surface area contributed by atoms with E-state index in [1.165, 1.54) is 6.07 Å². The molecule has 0 bridgehead atoms. The Kier molecular flexibility index (Phi) is 4.98. The van der Waals surface area contributed by atoms with Gasteiger partial charge < -0.3 is 14.7 Å². The maximum Gasteiger partial charge on any atom is 0.573 e. The van der Waals surface area contributed by atoms with Crippen molar-refractivity contribution < 1.29 is 23.0 Å². The second-order valence-corrected chi connectivity index (χ2v) is 5.36. The van der Waals surface area contributed by atoms with Crippen molar-refractivity contribution in [1.82, 2.24) is 4.90 Å². The van der Waals surface area contributed by atoms with Crippen molar-refractivity contribution in [2.75, 3.05) is 19.6 Å². The number of para-hydroxylation sites is 1. The number of piperidine rings is 1. The number of halogens is 3. The molecule has 1 aromatic rings. The average Bonchev–Trinajstić information content (AvgIpc) is 2.41. The van der Waals surface area contributed by atoms with Crippen LogP contribution in [0.1, 0.15) is 37.7 Å². The molecule has 1 heterocycles. The fourth-order valence-electron chi connectivity index (χ4n) is 2.86. The molecule has 0 unspecified atom stereocenters. The van der Waals surface area contributed by atoms with E-state index in [1.807, 2.05) is 0 Å². The van der Waals surface area contributed by atoms with E-state index in [9.17, 15) is 18.3 Å². The summed E-state index contributed by atoms with van der Waals surface area (Å²) in [6.07, 6.45) is -2.03. The number of phenols is 1. The van der Waals surface area contributed by atoms with Gasteiger partial charge in [-0.15, -0.1) is 13.2 Å². The summed E-state index contributed by atoms with van der Waals surface area (Å²) in [5, 5.41) is 10.0. The molecular weight excluding hydrogens is 283 g/mol. The molecule has 0 atom stereocenters. The van der Waals surface area contributed by atoms with Crippen LogP contribution in [0.2, 0.25) is 0 Å². The summed E-state index contributed by atoms with van der Waals surface area (Å²) in [7, 11) is 0. The molecule has 1 aliphatic rings. The summed E-state index contributed by atoms with van der Waals surface area (Å²) in [5.74, 6) is -0.824. The Morgan fingerprint density at radius 1 is 1.29 bits per heavy atom. The van der Waals surface area contributed by atoms with Crippen LogP contribution in [0.3, 0.4) is 0 Å². The maximum atomic E-state index is 12.3. The van der Waals surface area contributed by atoms with Crippen LogP contribution in [0.5, 0.6) is 11.5 Å². The maximum absolute atomic E-state index is 12.3. The molecule has 1 N–H and O–H groups in total. The average molecular weight is 303 g/mol. The first kappa shape index (κ1) is 15.9. The molecular formula is C15H20F3NO2. The molecule has 6 heteroatoms. The van der Waals surface area contributed by atoms with E-state index < -0.39 is 12.1 Å². The highest BCUT2D eigenvalue weighted by molar-refractivity contribution is 5.47. The molecule has 2 rings (SSSR count). The van der Waals surface area contributed by atoms with Gasteiger partial charge in [0, 0.05) is 5.56 Å². The molecule has 21 heavy (non-hydrogen) atoms. The summed E-state index contributed by atoms with van der Waals surface area (Å²) in [4.78, 5) is 2.34. The van der Waals surface area contributed by atoms with Crippen LogP contribution < -0.4 is 4.74 Å². The Morgan fingerprint density at radius 2 is 1.95 bits per heavy atom. The topological polar surface area (TPSA) is 32.7 Å². The van der Waals surface area contributed by atoms with Gasteiger partial charge in [0.25, 0.3) is 0 Å². The van der Waals surface area contributed by atoms with Gasteiger partial charge in [-0.05, 0) is 50.9 Å². The SMILES string of the molecule is CCCN1CCC(c2cccc(OC(F)(F)F)c2O)CC1. The van der Waals surface area contributed by atoms with Crippen LogP contribution in [0.25, 0.3) is 0 Å². The van der Waals surface area contributed by atoms with Crippen molar-refractivity contribution in [3.8, 4) is 11.5 Å². The highest BCUT2D eigenvalue weighted by atomic mass is 19.4. The van der Waals surface area contributed by atoms with Crippen LogP contribution in [0.4, 0.5) is 13.2 Å². The van der Waals surface area contributed by atoms with Crippen molar-refractivity contribution in [1.29, 1.82) is 0 Å². The van der Waals surface area contributed by atoms with Gasteiger partial charge in [-0.2, -0.15) is 0 Å². The lowest BCUT2D eigenvalue weighted by molar-refractivity contribution is -0.275. The number of hydrogen-bond donors (Lipinski definition) is 1. The van der Waals surface area contributed by atoms with E-state index in [0.717, 1.165) is 45.0 Å². The molecule has 118 valence electrons. The molecule has 1 fully saturated rings. The fourth-order valence-corrected chi connectivity index (χ4v) is 2.86. The third-order valence-electron chi connectivity index (χ3n) is 3.82. The Bertz CT molecular complexity index is 468. The quantitative estimate of drug-likeness (QED) is 0.916. The normalized spacial score (nSPS) is 17.9. The number of benzene rings is 1. The zero-order valence-corrected chi connectivity index (χ0v) is 12.0. The van der Waals surface area contributed by atoms with Gasteiger partial charge >= 0.3 is 6.36 Å². The monoisotopic (exact) mass is 303 g/mol. The second kappa shape index (κ2) is 6.56. The first-order valence-corrected chi connectivity index (χ1v) is 7.20. The Balaban J connectivity index is 2.09. The van der Waals surface area contributed by atoms with Crippen LogP contribution in [0, 0.1) is 0 Å². The second-order valence-electron chi connectivity index (χ2n) is 5.36. The number of nitrogens with zero attached hydrogens (tertiary/aromatic N) is 1. The predicted molar refractivity (Wildman–Crippen MR) is 73.5 cm³/mol. The molecule has 0 aliphatic carbocycles. The molecule has 0 saturated carbocycles. The van der Waals surface area contributed by atoms with E-state index in [2.05, 4.69) is 16.6 Å². The largest absolute Gasteiger partial charge is 0.573 e. The van der Waals surface area contributed by atoms with Crippen molar-refractivity contribution in [3.05, 3.63) is 23.8 Å². The number of rotatable bonds is 4. The lowest BCUT2D eigenvalue weighted by Crippen LogP contribution is -2.33. The van der Waals surface area contributed by atoms with E-state index >= 15 is 0 Å². The molecule has 1 aromatic carbocycles. The van der Waals surface area contributed by atoms with Crippen LogP contribution >= 0.6 is 0 Å². The zero-order valence-electron chi connectivity index (χ0n) is 12.0. The molecule has 0 amide bonds. The summed E-state index contributed by atoms with van der Waals surface area (Å²) >= 11 is 0. The van der Waals surface area contributed by atoms with Gasteiger partial charge in [0.15, 0.2) is 11.5 Å². The fraction of sp³-hybridized carbons (Fsp3) is 0.600. The Hall–Kier alpha value is -1.43. The van der Waals surface area contributed by atoms with E-state index in [4.69, 9.17) is 0 Å². The number of likely N-dealkylation sites (tertiary alicyclic amines) is 1. The minimum absolute atomic E-state index is 0.0786. The summed E-state index contributed by atoms with van der Waals surface area (Å²) in [6.45, 7) is 4.97. The van der Waals surface area contributed by atoms with Gasteiger partial charge in [0.2, 0.25) is 0 Å². The third-order valence-corrected chi connectivity index (χ3v) is 3.82. The molecule has 1 saturated heterocycles. The van der Waals surface area contributed by atoms with Crippen LogP contribution in [-0.4, -0.2) is 36.0 Å². The minimum Gasteiger partial charge on any atom is -0.504 e. The highest BCUT2D eigenvalue weighted by Crippen LogP contribution is 2.40. The van der Waals surface area contributed by atoms with Crippen molar-refractivity contribution >= 4 is 0 Å². The van der Waals surface area contributed by atoms with Gasteiger partial charge in [-0.3, -0.25) is 0 Å². The van der Waals surface area contributed by atoms with Crippen LogP contribution in [-0.2, 0) is 0 Å². The zero-order chi connectivity index (χ0) is 15.5. The molecule has 1 aliphatic heterocycles. The molecule has 3 nitrogen and oxygen atoms in total. The summed E-state index contributed by atoms with van der Waals surface area (Å²) in [6, 6.07) is 4.31. The number of phenolic OH excluding ortho intramolecular Hbond substituents is 1. The molecule has 0 aromatic heterocycles. The molecule has 0 spiro atoms. The van der Waals surface area contributed by atoms with Gasteiger partial charge in [-0.1, -0.05) is 19.1 Å². The summed E-state index contributed by atoms with van der Waals surface area (Å²) in [5.41, 5.74) is 0.549. The Labute approximate surface area is 122 Å². The minimum atomic E-state index is -4.79. The van der Waals surface area contributed by atoms with Crippen molar-refractivity contribution in [2.45, 2.75) is 38.5 Å². The van der Waals surface area contributed by atoms with E-state index in [-0.39, 0.29) is 11.7 Å². The van der Waals surface area contributed by atoms with Gasteiger partial charge in [0.1, 0.15) is 0 Å². The van der Waals surface area contributed by atoms with Crippen molar-refractivity contribution in [3.63, 3.8) is 0 Å². The number of ether oxygens (including phenoxy) is 1. The summed E-state index contributed by atoms with van der Waals surface area (Å²) < 4.78 is 40.7. The lowest BCUT2D eigenvalue weighted by Gasteiger charge is -2.32. The number of hydrogen-bond acceptors (Lipinski definition) is 3. The number of aromatic hydroxyl groups is 1. The van der Waals surface area contributed by atoms with E-state index in [1.54, 1.807) is 6.07 Å². The molecule has 0 radical (unpaired) electrons. The first-order chi connectivity index (χ1) is 9.90. The standard InChI is InChI=1S/C15H20F3NO2/c1-2-8-19-9-6-11(7-10-19)12-4-3-5-13(14(12)20)21-15(16,17)18/h3-5,11,20H,2,6-10H2,1H3. The highest BCUT2D eigenvalue weighted by Gasteiger charge is 2.33. The van der Waals surface area contributed by atoms with Gasteiger partial charge in [-0.25, -0.2) is 0 Å². The predicted octanol–water partition coefficient (Wildman–Crippen LogP) is 3.88. The van der Waals surface area contributed by atoms with Crippen molar-refractivity contribution in [2.24, 2.45) is 0 Å². The third kappa shape index (κ3) is 4.27. The lowest BCUT2D eigenvalue weighted by atomic mass is 9.88. The smallest absolute Gasteiger partial charge is 0.504 e. The number of alkyl halides is 3. The van der Waals surface area contributed by atoms with Crippen LogP contribution in [0.15, 0.2) is 18.2 Å². The Morgan fingerprint density at radius 3 is 2.52 bits per heavy atom. The van der Waals surface area contributed by atoms with E-state index in [0.29, 0.717) is 5.56 Å². The first-order valence-electron chi connectivity index (χ1n) is 7.20.